The summed E-state index contributed by atoms with van der Waals surface area (Å²) in [6, 6.07) is 16.9. The fraction of sp³-hybridized carbons (Fsp3) is 0.476. The molecule has 15 heteroatoms. The fourth-order valence-electron chi connectivity index (χ4n) is 6.97. The van der Waals surface area contributed by atoms with Gasteiger partial charge in [0.15, 0.2) is 12.4 Å². The van der Waals surface area contributed by atoms with Gasteiger partial charge in [-0.05, 0) is 111 Å². The van der Waals surface area contributed by atoms with Gasteiger partial charge < -0.3 is 30.1 Å². The van der Waals surface area contributed by atoms with Gasteiger partial charge in [-0.1, -0.05) is 94.3 Å². The van der Waals surface area contributed by atoms with Gasteiger partial charge in [-0.3, -0.25) is 9.59 Å². The normalized spacial score (nSPS) is 16.7. The summed E-state index contributed by atoms with van der Waals surface area (Å²) in [4.78, 5) is 41.3. The van der Waals surface area contributed by atoms with Gasteiger partial charge in [-0.25, -0.2) is 0 Å². The van der Waals surface area contributed by atoms with Gasteiger partial charge in [0.05, 0.1) is 32.3 Å². The smallest absolute Gasteiger partial charge is 0.253 e. The Labute approximate surface area is 362 Å². The lowest BCUT2D eigenvalue weighted by Gasteiger charge is -2.40. The number of nitrogens with zero attached hydrogens (tertiary/aromatic N) is 5. The molecule has 2 aliphatic heterocycles. The maximum absolute atomic E-state index is 13.0. The maximum atomic E-state index is 13.0. The summed E-state index contributed by atoms with van der Waals surface area (Å²) >= 11 is 30.5. The number of hydrogen-bond donors (Lipinski definition) is 1. The molecule has 5 rings (SSSR count). The molecule has 10 nitrogen and oxygen atoms in total. The fourth-order valence-corrected chi connectivity index (χ4v) is 7.87. The number of carbonyl (C=O) groups is 2. The molecule has 0 bridgehead atoms. The number of aryl methyl sites for hydroxylation is 1. The Morgan fingerprint density at radius 1 is 0.895 bits per heavy atom. The van der Waals surface area contributed by atoms with E-state index in [9.17, 15) is 9.59 Å². The second-order valence-corrected chi connectivity index (χ2v) is 16.7. The summed E-state index contributed by atoms with van der Waals surface area (Å²) in [5.74, 6) is 0.525. The molecular formula is C42H53Cl5N6O4. The van der Waals surface area contributed by atoms with Crippen LogP contribution in [-0.4, -0.2) is 97.6 Å². The van der Waals surface area contributed by atoms with Gasteiger partial charge >= 0.3 is 0 Å². The van der Waals surface area contributed by atoms with Gasteiger partial charge in [0, 0.05) is 55.6 Å². The number of oxime groups is 2. The van der Waals surface area contributed by atoms with E-state index >= 15 is 0 Å². The Bertz CT molecular complexity index is 1870. The van der Waals surface area contributed by atoms with Crippen molar-refractivity contribution in [2.75, 3.05) is 53.5 Å². The van der Waals surface area contributed by atoms with Crippen molar-refractivity contribution in [3.8, 4) is 0 Å². The summed E-state index contributed by atoms with van der Waals surface area (Å²) in [6.45, 7) is 10.4. The second kappa shape index (κ2) is 22.8. The van der Waals surface area contributed by atoms with Crippen molar-refractivity contribution in [1.82, 2.24) is 14.7 Å². The van der Waals surface area contributed by atoms with Crippen molar-refractivity contribution < 1.29 is 19.3 Å². The van der Waals surface area contributed by atoms with Gasteiger partial charge in [0.25, 0.3) is 5.91 Å². The van der Waals surface area contributed by atoms with Crippen LogP contribution in [0.25, 0.3) is 0 Å². The molecular weight excluding hydrogens is 830 g/mol. The van der Waals surface area contributed by atoms with Crippen molar-refractivity contribution >= 4 is 81.4 Å². The average Bonchev–Trinajstić information content (AvgIpc) is 3.18. The third-order valence-electron chi connectivity index (χ3n) is 10.3. The molecule has 2 N–H and O–H groups in total. The zero-order valence-electron chi connectivity index (χ0n) is 33.2. The Morgan fingerprint density at radius 3 is 2.16 bits per heavy atom. The molecule has 2 saturated heterocycles. The maximum Gasteiger partial charge on any atom is 0.253 e. The van der Waals surface area contributed by atoms with Crippen LogP contribution in [0.15, 0.2) is 64.9 Å². The number of piperidine rings is 2. The molecule has 2 aliphatic rings. The lowest BCUT2D eigenvalue weighted by Crippen LogP contribution is -2.49. The third kappa shape index (κ3) is 14.2. The summed E-state index contributed by atoms with van der Waals surface area (Å²) < 4.78 is 0. The molecule has 3 aromatic carbocycles. The van der Waals surface area contributed by atoms with Crippen LogP contribution < -0.4 is 5.73 Å². The minimum atomic E-state index is -0.235. The number of halogens is 5. The Hall–Kier alpha value is -3.25. The molecule has 0 radical (unpaired) electrons. The Balaban J connectivity index is 0.000000260. The molecule has 2 amide bonds. The van der Waals surface area contributed by atoms with E-state index in [1.165, 1.54) is 24.0 Å². The van der Waals surface area contributed by atoms with Gasteiger partial charge in [0.1, 0.15) is 7.11 Å². The molecule has 0 aliphatic carbocycles. The third-order valence-corrected chi connectivity index (χ3v) is 12.0. The lowest BCUT2D eigenvalue weighted by molar-refractivity contribution is -0.136. The molecule has 2 fully saturated rings. The monoisotopic (exact) mass is 880 g/mol. The average molecular weight is 883 g/mol. The predicted molar refractivity (Wildman–Crippen MR) is 235 cm³/mol. The van der Waals surface area contributed by atoms with E-state index in [1.807, 2.05) is 32.0 Å². The van der Waals surface area contributed by atoms with Crippen LogP contribution >= 0.6 is 58.0 Å². The van der Waals surface area contributed by atoms with E-state index in [0.717, 1.165) is 69.4 Å². The number of hydrogen-bond acceptors (Lipinski definition) is 7. The highest BCUT2D eigenvalue weighted by molar-refractivity contribution is 6.42. The molecule has 310 valence electrons. The van der Waals surface area contributed by atoms with Gasteiger partial charge in [-0.15, -0.1) is 0 Å². The molecule has 0 spiro atoms. The second-order valence-electron chi connectivity index (χ2n) is 14.7. The number of amidine groups is 1. The molecule has 0 saturated carbocycles. The largest absolute Gasteiger partial charge is 0.398 e. The summed E-state index contributed by atoms with van der Waals surface area (Å²) in [7, 11) is 3.06. The van der Waals surface area contributed by atoms with Crippen molar-refractivity contribution in [1.29, 1.82) is 0 Å². The van der Waals surface area contributed by atoms with Crippen LogP contribution in [0, 0.1) is 6.92 Å². The molecule has 2 heterocycles. The number of rotatable bonds is 14. The van der Waals surface area contributed by atoms with Crippen molar-refractivity contribution in [3.63, 3.8) is 0 Å². The van der Waals surface area contributed by atoms with Crippen LogP contribution in [-0.2, 0) is 14.5 Å². The number of benzene rings is 3. The highest BCUT2D eigenvalue weighted by Gasteiger charge is 2.29. The quantitative estimate of drug-likeness (QED) is 0.0980. The zero-order chi connectivity index (χ0) is 41.6. The van der Waals surface area contributed by atoms with E-state index in [0.29, 0.717) is 54.3 Å². The first-order chi connectivity index (χ1) is 27.2. The Morgan fingerprint density at radius 2 is 1.54 bits per heavy atom. The SMILES string of the molecule is CC(CCN1CCC(N2CCCCC2=O)CC1)c1ccc(Cl)c(Cl)c1.CO/N=C(/N)CO/N=C(/CN(C)C(=O)c1cc(C)cc(Cl)c1)C(C)c1ccc(Cl)c(Cl)c1. The molecule has 0 aromatic heterocycles. The van der Waals surface area contributed by atoms with E-state index in [1.54, 1.807) is 37.4 Å². The van der Waals surface area contributed by atoms with Crippen molar-refractivity contribution in [2.45, 2.75) is 77.2 Å². The standard InChI is InChI=1S/C22H25Cl3N4O3.C20H28Cl2N2O/c1-13-7-16(9-17(23)8-13)22(30)29(3)11-20(27-32-12-21(26)28-31-4)14(2)15-5-6-18(24)19(25)10-15;1-15(16-5-6-18(21)19(22)14-16)7-11-23-12-8-17(9-13-23)24-10-3-2-4-20(24)25/h5-10,14H,11-12H2,1-4H3,(H2,26,28);5-6,14-15,17H,2-4,7-13H2,1H3/b27-20-;. The molecule has 57 heavy (non-hydrogen) atoms. The van der Waals surface area contributed by atoms with Gasteiger partial charge in [0.2, 0.25) is 5.91 Å². The first-order valence-electron chi connectivity index (χ1n) is 19.1. The molecule has 3 aromatic rings. The first-order valence-corrected chi connectivity index (χ1v) is 21.0. The number of likely N-dealkylation sites (tertiary alicyclic amines) is 2. The van der Waals surface area contributed by atoms with Crippen LogP contribution in [0.5, 0.6) is 0 Å². The minimum Gasteiger partial charge on any atom is -0.398 e. The molecule has 2 atom stereocenters. The number of nitrogens with two attached hydrogens (primary N) is 1. The summed E-state index contributed by atoms with van der Waals surface area (Å²) in [5, 5.41) is 10.4. The zero-order valence-corrected chi connectivity index (χ0v) is 37.0. The predicted octanol–water partition coefficient (Wildman–Crippen LogP) is 10.1. The number of carbonyl (C=O) groups excluding carboxylic acids is 2. The van der Waals surface area contributed by atoms with Gasteiger partial charge in [-0.2, -0.15) is 0 Å². The summed E-state index contributed by atoms with van der Waals surface area (Å²) in [5.41, 5.74) is 9.73. The number of amides is 2. The van der Waals surface area contributed by atoms with Crippen molar-refractivity contribution in [2.24, 2.45) is 16.0 Å². The van der Waals surface area contributed by atoms with Crippen LogP contribution in [0.4, 0.5) is 0 Å². The molecule has 2 unspecified atom stereocenters. The Kier molecular flexibility index (Phi) is 18.6. The van der Waals surface area contributed by atoms with Crippen LogP contribution in [0.2, 0.25) is 25.1 Å². The minimum absolute atomic E-state index is 0.0728. The van der Waals surface area contributed by atoms with E-state index < -0.39 is 0 Å². The van der Waals surface area contributed by atoms with E-state index in [2.05, 4.69) is 37.9 Å². The summed E-state index contributed by atoms with van der Waals surface area (Å²) in [6.07, 6.45) is 6.35. The first kappa shape index (κ1) is 46.4. The highest BCUT2D eigenvalue weighted by Crippen LogP contribution is 2.30. The van der Waals surface area contributed by atoms with Crippen LogP contribution in [0.1, 0.15) is 91.3 Å². The highest BCUT2D eigenvalue weighted by atomic mass is 35.5. The topological polar surface area (TPSA) is 113 Å². The van der Waals surface area contributed by atoms with E-state index in [-0.39, 0.29) is 30.8 Å². The van der Waals surface area contributed by atoms with Crippen molar-refractivity contribution in [3.05, 3.63) is 102 Å². The van der Waals surface area contributed by atoms with Crippen LogP contribution in [0.3, 0.4) is 0 Å². The van der Waals surface area contributed by atoms with E-state index in [4.69, 9.17) is 68.6 Å². The lowest BCUT2D eigenvalue weighted by atomic mass is 9.95.